The number of carbonyl (C=O) groups is 2. The average molecular weight is 224 g/mol. The van der Waals surface area contributed by atoms with Crippen LogP contribution in [-0.2, 0) is 22.7 Å². The first-order valence-corrected chi connectivity index (χ1v) is 4.52. The molecule has 1 aromatic carbocycles. The molecule has 4 N–H and O–H groups in total. The molecule has 0 aromatic heterocycles. The highest BCUT2D eigenvalue weighted by Crippen LogP contribution is 2.18. The Morgan fingerprint density at radius 3 is 2.88 bits per heavy atom. The quantitative estimate of drug-likeness (QED) is 0.627. The second-order valence-corrected chi connectivity index (χ2v) is 3.02. The lowest BCUT2D eigenvalue weighted by molar-refractivity contribution is -0.105. The molecular weight excluding hydrogens is 212 g/mol. The van der Waals surface area contributed by atoms with E-state index in [-0.39, 0.29) is 13.2 Å². The third kappa shape index (κ3) is 3.25. The van der Waals surface area contributed by atoms with Gasteiger partial charge in [0.1, 0.15) is 6.61 Å². The zero-order chi connectivity index (χ0) is 12.0. The summed E-state index contributed by atoms with van der Waals surface area (Å²) in [6.45, 7) is -0.190. The standard InChI is InChI=1S/C10H12N2O4/c11-10(15)16-5-8-3-7(4-13)1-2-9(8)12-6-14/h1-3,6,13H,4-5H2,(H2,11,15)(H,12,14). The second-order valence-electron chi connectivity index (χ2n) is 3.02. The number of ether oxygens (including phenoxy) is 1. The van der Waals surface area contributed by atoms with Crippen LogP contribution in [0.25, 0.3) is 0 Å². The van der Waals surface area contributed by atoms with Crippen molar-refractivity contribution >= 4 is 18.2 Å². The van der Waals surface area contributed by atoms with Gasteiger partial charge in [-0.1, -0.05) is 6.07 Å². The van der Waals surface area contributed by atoms with E-state index in [0.29, 0.717) is 23.2 Å². The number of hydrogen-bond acceptors (Lipinski definition) is 4. The maximum atomic E-state index is 10.5. The summed E-state index contributed by atoms with van der Waals surface area (Å²) in [5, 5.41) is 11.4. The van der Waals surface area contributed by atoms with Crippen LogP contribution in [0.2, 0.25) is 0 Å². The predicted octanol–water partition coefficient (Wildman–Crippen LogP) is 0.343. The van der Waals surface area contributed by atoms with Crippen molar-refractivity contribution in [1.29, 1.82) is 0 Å². The van der Waals surface area contributed by atoms with Gasteiger partial charge in [0.2, 0.25) is 6.41 Å². The van der Waals surface area contributed by atoms with E-state index in [1.165, 1.54) is 0 Å². The Kier molecular flexibility index (Phi) is 4.28. The molecule has 0 heterocycles. The van der Waals surface area contributed by atoms with Crippen LogP contribution < -0.4 is 11.1 Å². The minimum absolute atomic E-state index is 0.0562. The molecule has 0 saturated carbocycles. The largest absolute Gasteiger partial charge is 0.445 e. The van der Waals surface area contributed by atoms with Gasteiger partial charge in [-0.3, -0.25) is 4.79 Å². The summed E-state index contributed by atoms with van der Waals surface area (Å²) in [7, 11) is 0. The molecule has 6 nitrogen and oxygen atoms in total. The Morgan fingerprint density at radius 1 is 1.56 bits per heavy atom. The van der Waals surface area contributed by atoms with E-state index in [9.17, 15) is 9.59 Å². The van der Waals surface area contributed by atoms with Crippen molar-refractivity contribution in [1.82, 2.24) is 0 Å². The van der Waals surface area contributed by atoms with E-state index in [0.717, 1.165) is 0 Å². The molecule has 0 bridgehead atoms. The van der Waals surface area contributed by atoms with E-state index in [1.807, 2.05) is 0 Å². The van der Waals surface area contributed by atoms with E-state index in [4.69, 9.17) is 10.8 Å². The highest BCUT2D eigenvalue weighted by Gasteiger charge is 2.05. The minimum Gasteiger partial charge on any atom is -0.445 e. The normalized spacial score (nSPS) is 9.56. The number of rotatable bonds is 5. The topological polar surface area (TPSA) is 102 Å². The molecular formula is C10H12N2O4. The number of nitrogens with two attached hydrogens (primary N) is 1. The molecule has 0 atom stereocenters. The van der Waals surface area contributed by atoms with Crippen LogP contribution in [0.4, 0.5) is 10.5 Å². The summed E-state index contributed by atoms with van der Waals surface area (Å²) in [6.07, 6.45) is -0.381. The minimum atomic E-state index is -0.897. The summed E-state index contributed by atoms with van der Waals surface area (Å²) in [6, 6.07) is 4.88. The molecule has 0 spiro atoms. The fourth-order valence-corrected chi connectivity index (χ4v) is 1.22. The van der Waals surface area contributed by atoms with Crippen LogP contribution in [0.3, 0.4) is 0 Å². The first kappa shape index (κ1) is 12.0. The number of primary amides is 1. The van der Waals surface area contributed by atoms with Crippen molar-refractivity contribution in [2.75, 3.05) is 5.32 Å². The van der Waals surface area contributed by atoms with E-state index >= 15 is 0 Å². The maximum Gasteiger partial charge on any atom is 0.404 e. The van der Waals surface area contributed by atoms with Gasteiger partial charge in [-0.05, 0) is 17.7 Å². The van der Waals surface area contributed by atoms with Gasteiger partial charge in [0, 0.05) is 11.3 Å². The molecule has 86 valence electrons. The summed E-state index contributed by atoms with van der Waals surface area (Å²) < 4.78 is 4.62. The van der Waals surface area contributed by atoms with Crippen molar-refractivity contribution in [2.45, 2.75) is 13.2 Å². The molecule has 1 aromatic rings. The molecule has 0 aliphatic carbocycles. The Morgan fingerprint density at radius 2 is 2.31 bits per heavy atom. The van der Waals surface area contributed by atoms with E-state index in [2.05, 4.69) is 10.1 Å². The van der Waals surface area contributed by atoms with Crippen LogP contribution in [0.5, 0.6) is 0 Å². The highest BCUT2D eigenvalue weighted by molar-refractivity contribution is 5.73. The van der Waals surface area contributed by atoms with Crippen LogP contribution in [0.15, 0.2) is 18.2 Å². The van der Waals surface area contributed by atoms with Gasteiger partial charge in [0.15, 0.2) is 0 Å². The fraction of sp³-hybridized carbons (Fsp3) is 0.200. The van der Waals surface area contributed by atoms with Gasteiger partial charge >= 0.3 is 6.09 Å². The van der Waals surface area contributed by atoms with Gasteiger partial charge in [0.05, 0.1) is 6.61 Å². The number of aliphatic hydroxyl groups excluding tert-OH is 1. The van der Waals surface area contributed by atoms with Crippen LogP contribution >= 0.6 is 0 Å². The smallest absolute Gasteiger partial charge is 0.404 e. The van der Waals surface area contributed by atoms with Crippen molar-refractivity contribution in [3.63, 3.8) is 0 Å². The molecule has 0 unspecified atom stereocenters. The van der Waals surface area contributed by atoms with E-state index in [1.54, 1.807) is 18.2 Å². The number of carbonyl (C=O) groups excluding carboxylic acids is 2. The summed E-state index contributed by atoms with van der Waals surface area (Å²) >= 11 is 0. The molecule has 16 heavy (non-hydrogen) atoms. The first-order valence-electron chi connectivity index (χ1n) is 4.52. The second kappa shape index (κ2) is 5.72. The molecule has 0 aliphatic heterocycles. The Balaban J connectivity index is 2.90. The molecule has 2 amide bonds. The number of anilines is 1. The van der Waals surface area contributed by atoms with Gasteiger partial charge in [-0.2, -0.15) is 0 Å². The third-order valence-corrected chi connectivity index (χ3v) is 1.94. The molecule has 6 heteroatoms. The summed E-state index contributed by atoms with van der Waals surface area (Å²) in [5.74, 6) is 0. The van der Waals surface area contributed by atoms with Crippen molar-refractivity contribution in [3.8, 4) is 0 Å². The number of amides is 2. The zero-order valence-electron chi connectivity index (χ0n) is 8.47. The van der Waals surface area contributed by atoms with Gasteiger partial charge < -0.3 is 20.9 Å². The zero-order valence-corrected chi connectivity index (χ0v) is 8.47. The van der Waals surface area contributed by atoms with E-state index < -0.39 is 6.09 Å². The van der Waals surface area contributed by atoms with Crippen molar-refractivity contribution in [3.05, 3.63) is 29.3 Å². The molecule has 0 saturated heterocycles. The van der Waals surface area contributed by atoms with Crippen LogP contribution in [0, 0.1) is 0 Å². The third-order valence-electron chi connectivity index (χ3n) is 1.94. The Hall–Kier alpha value is -2.08. The molecule has 0 radical (unpaired) electrons. The van der Waals surface area contributed by atoms with Gasteiger partial charge in [-0.15, -0.1) is 0 Å². The van der Waals surface area contributed by atoms with Crippen molar-refractivity contribution in [2.24, 2.45) is 5.73 Å². The lowest BCUT2D eigenvalue weighted by Gasteiger charge is -2.09. The summed E-state index contributed by atoms with van der Waals surface area (Å²) in [4.78, 5) is 20.8. The fourth-order valence-electron chi connectivity index (χ4n) is 1.22. The maximum absolute atomic E-state index is 10.5. The lowest BCUT2D eigenvalue weighted by atomic mass is 10.1. The van der Waals surface area contributed by atoms with Gasteiger partial charge in [-0.25, -0.2) is 4.79 Å². The van der Waals surface area contributed by atoms with Gasteiger partial charge in [0.25, 0.3) is 0 Å². The molecule has 0 fully saturated rings. The molecule has 0 aliphatic rings. The summed E-state index contributed by atoms with van der Waals surface area (Å²) in [5.41, 5.74) is 6.56. The number of hydrogen-bond donors (Lipinski definition) is 3. The number of aliphatic hydroxyl groups is 1. The Labute approximate surface area is 92.0 Å². The first-order chi connectivity index (χ1) is 7.67. The lowest BCUT2D eigenvalue weighted by Crippen LogP contribution is -2.13. The monoisotopic (exact) mass is 224 g/mol. The molecule has 1 rings (SSSR count). The SMILES string of the molecule is NC(=O)OCc1cc(CO)ccc1NC=O. The number of nitrogens with one attached hydrogen (secondary N) is 1. The van der Waals surface area contributed by atoms with Crippen LogP contribution in [-0.4, -0.2) is 17.6 Å². The Bertz CT molecular complexity index is 392. The van der Waals surface area contributed by atoms with Crippen LogP contribution in [0.1, 0.15) is 11.1 Å². The van der Waals surface area contributed by atoms with Crippen molar-refractivity contribution < 1.29 is 19.4 Å². The number of benzene rings is 1. The predicted molar refractivity (Wildman–Crippen MR) is 56.4 cm³/mol. The average Bonchev–Trinajstić information content (AvgIpc) is 2.28. The highest BCUT2D eigenvalue weighted by atomic mass is 16.5.